The quantitative estimate of drug-likeness (QED) is 0.894. The molecule has 0 fully saturated rings. The first-order valence-electron chi connectivity index (χ1n) is 4.65. The zero-order valence-electron chi connectivity index (χ0n) is 9.04. The molecule has 2 N–H and O–H groups in total. The van der Waals surface area contributed by atoms with Crippen molar-refractivity contribution in [2.45, 2.75) is 12.5 Å². The lowest BCUT2D eigenvalue weighted by molar-refractivity contribution is 0.609. The van der Waals surface area contributed by atoms with E-state index in [9.17, 15) is 8.42 Å². The van der Waals surface area contributed by atoms with E-state index in [-0.39, 0.29) is 18.4 Å². The van der Waals surface area contributed by atoms with Gasteiger partial charge in [-0.2, -0.15) is 0 Å². The van der Waals surface area contributed by atoms with Gasteiger partial charge >= 0.3 is 0 Å². The summed E-state index contributed by atoms with van der Waals surface area (Å²) in [6.45, 7) is 0. The smallest absolute Gasteiger partial charge is 0.168 e. The second-order valence-electron chi connectivity index (χ2n) is 3.51. The minimum absolute atomic E-state index is 0. The Labute approximate surface area is 103 Å². The summed E-state index contributed by atoms with van der Waals surface area (Å²) in [6, 6.07) is 9.47. The van der Waals surface area contributed by atoms with Crippen molar-refractivity contribution in [3.63, 3.8) is 0 Å². The second kappa shape index (κ2) is 6.68. The number of hydrogen-bond donors (Lipinski definition) is 1. The summed E-state index contributed by atoms with van der Waals surface area (Å²) in [6.07, 6.45) is 3.31. The maximum atomic E-state index is 10.8. The zero-order chi connectivity index (χ0) is 11.3. The molecule has 0 saturated carbocycles. The maximum Gasteiger partial charge on any atom is 0.168 e. The highest BCUT2D eigenvalue weighted by Crippen LogP contribution is 2.02. The second-order valence-corrected chi connectivity index (χ2v) is 5.44. The van der Waals surface area contributed by atoms with Crippen LogP contribution in [-0.2, 0) is 16.3 Å². The Kier molecular flexibility index (Phi) is 6.33. The average molecular weight is 262 g/mol. The molecule has 0 aliphatic carbocycles. The van der Waals surface area contributed by atoms with Crippen molar-refractivity contribution in [3.8, 4) is 0 Å². The van der Waals surface area contributed by atoms with Gasteiger partial charge in [0.25, 0.3) is 0 Å². The van der Waals surface area contributed by atoms with E-state index in [4.69, 9.17) is 5.73 Å². The summed E-state index contributed by atoms with van der Waals surface area (Å²) in [5, 5.41) is 1.15. The summed E-state index contributed by atoms with van der Waals surface area (Å²) in [7, 11) is -3.07. The number of halogens is 1. The van der Waals surface area contributed by atoms with Crippen LogP contribution in [0.1, 0.15) is 5.56 Å². The average Bonchev–Trinajstić information content (AvgIpc) is 2.15. The van der Waals surface area contributed by atoms with Crippen LogP contribution in [-0.4, -0.2) is 20.7 Å². The van der Waals surface area contributed by atoms with Crippen LogP contribution in [0, 0.1) is 0 Å². The van der Waals surface area contributed by atoms with Gasteiger partial charge in [-0.05, 0) is 12.0 Å². The van der Waals surface area contributed by atoms with Crippen molar-refractivity contribution in [1.29, 1.82) is 0 Å². The summed E-state index contributed by atoms with van der Waals surface area (Å²) in [5.74, 6) is 0. The van der Waals surface area contributed by atoms with E-state index in [2.05, 4.69) is 0 Å². The van der Waals surface area contributed by atoms with Gasteiger partial charge in [-0.1, -0.05) is 36.4 Å². The van der Waals surface area contributed by atoms with Gasteiger partial charge in [0, 0.05) is 17.7 Å². The van der Waals surface area contributed by atoms with Crippen LogP contribution < -0.4 is 5.73 Å². The molecular weight excluding hydrogens is 246 g/mol. The van der Waals surface area contributed by atoms with Gasteiger partial charge in [0.2, 0.25) is 0 Å². The van der Waals surface area contributed by atoms with E-state index in [1.54, 1.807) is 0 Å². The molecular formula is C11H16ClNO2S. The lowest BCUT2D eigenvalue weighted by Crippen LogP contribution is -2.20. The molecule has 1 aromatic carbocycles. The van der Waals surface area contributed by atoms with Crippen LogP contribution in [0.4, 0.5) is 0 Å². The van der Waals surface area contributed by atoms with Crippen LogP contribution in [0.15, 0.2) is 41.8 Å². The normalized spacial score (nSPS) is 13.4. The first-order chi connectivity index (χ1) is 6.97. The Bertz CT molecular complexity index is 429. The molecule has 0 radical (unpaired) electrons. The largest absolute Gasteiger partial charge is 0.324 e. The van der Waals surface area contributed by atoms with Crippen molar-refractivity contribution in [2.75, 3.05) is 6.26 Å². The Hall–Kier alpha value is -0.840. The van der Waals surface area contributed by atoms with Gasteiger partial charge in [0.05, 0.1) is 0 Å². The fourth-order valence-corrected chi connectivity index (χ4v) is 1.69. The third kappa shape index (κ3) is 6.61. The van der Waals surface area contributed by atoms with Crippen molar-refractivity contribution < 1.29 is 8.42 Å². The summed E-state index contributed by atoms with van der Waals surface area (Å²) >= 11 is 0. The van der Waals surface area contributed by atoms with Gasteiger partial charge in [-0.25, -0.2) is 8.42 Å². The van der Waals surface area contributed by atoms with Crippen molar-refractivity contribution in [3.05, 3.63) is 47.4 Å². The molecule has 1 aromatic rings. The van der Waals surface area contributed by atoms with E-state index < -0.39 is 9.84 Å². The van der Waals surface area contributed by atoms with Gasteiger partial charge in [0.15, 0.2) is 9.84 Å². The molecule has 1 rings (SSSR count). The molecule has 90 valence electrons. The maximum absolute atomic E-state index is 10.8. The minimum Gasteiger partial charge on any atom is -0.324 e. The summed E-state index contributed by atoms with van der Waals surface area (Å²) in [4.78, 5) is 0. The third-order valence-electron chi connectivity index (χ3n) is 1.89. The molecule has 0 bridgehead atoms. The van der Waals surface area contributed by atoms with Gasteiger partial charge in [0.1, 0.15) is 0 Å². The van der Waals surface area contributed by atoms with Gasteiger partial charge in [-0.15, -0.1) is 12.4 Å². The molecule has 5 heteroatoms. The highest BCUT2D eigenvalue weighted by Gasteiger charge is 2.01. The van der Waals surface area contributed by atoms with Crippen LogP contribution in [0.5, 0.6) is 0 Å². The molecule has 0 heterocycles. The molecule has 0 saturated heterocycles. The van der Waals surface area contributed by atoms with Crippen molar-refractivity contribution in [1.82, 2.24) is 0 Å². The number of rotatable bonds is 4. The predicted octanol–water partition coefficient (Wildman–Crippen LogP) is 1.54. The molecule has 16 heavy (non-hydrogen) atoms. The molecule has 0 unspecified atom stereocenters. The van der Waals surface area contributed by atoms with E-state index >= 15 is 0 Å². The SMILES string of the molecule is CS(=O)(=O)/C=C/[C@@H](N)Cc1ccccc1.Cl. The topological polar surface area (TPSA) is 60.2 Å². The monoisotopic (exact) mass is 261 g/mol. The Morgan fingerprint density at radius 2 is 1.88 bits per heavy atom. The summed E-state index contributed by atoms with van der Waals surface area (Å²) < 4.78 is 21.7. The molecule has 3 nitrogen and oxygen atoms in total. The first kappa shape index (κ1) is 15.2. The molecule has 0 aliphatic rings. The van der Waals surface area contributed by atoms with Crippen LogP contribution in [0.25, 0.3) is 0 Å². The lowest BCUT2D eigenvalue weighted by atomic mass is 10.1. The highest BCUT2D eigenvalue weighted by molar-refractivity contribution is 7.93. The van der Waals surface area contributed by atoms with Crippen LogP contribution >= 0.6 is 12.4 Å². The lowest BCUT2D eigenvalue weighted by Gasteiger charge is -2.05. The number of hydrogen-bond acceptors (Lipinski definition) is 3. The fraction of sp³-hybridized carbons (Fsp3) is 0.273. The van der Waals surface area contributed by atoms with Gasteiger partial charge in [-0.3, -0.25) is 0 Å². The fourth-order valence-electron chi connectivity index (χ4n) is 1.20. The van der Waals surface area contributed by atoms with Crippen molar-refractivity contribution in [2.24, 2.45) is 5.73 Å². The van der Waals surface area contributed by atoms with E-state index in [1.807, 2.05) is 30.3 Å². The predicted molar refractivity (Wildman–Crippen MR) is 69.4 cm³/mol. The molecule has 1 atom stereocenters. The molecule has 0 amide bonds. The van der Waals surface area contributed by atoms with Gasteiger partial charge < -0.3 is 5.73 Å². The number of sulfone groups is 1. The molecule has 0 spiro atoms. The number of nitrogens with two attached hydrogens (primary N) is 1. The van der Waals surface area contributed by atoms with E-state index in [1.165, 1.54) is 6.08 Å². The third-order valence-corrected chi connectivity index (χ3v) is 2.54. The van der Waals surface area contributed by atoms with E-state index in [0.717, 1.165) is 17.2 Å². The Morgan fingerprint density at radius 3 is 2.38 bits per heavy atom. The molecule has 0 aliphatic heterocycles. The Balaban J connectivity index is 0.00000225. The highest BCUT2D eigenvalue weighted by atomic mass is 35.5. The minimum atomic E-state index is -3.07. The standard InChI is InChI=1S/C11H15NO2S.ClH/c1-15(13,14)8-7-11(12)9-10-5-3-2-4-6-10;/h2-8,11H,9,12H2,1H3;1H/b8-7+;/t11-;/m1./s1. The van der Waals surface area contributed by atoms with Crippen LogP contribution in [0.3, 0.4) is 0 Å². The number of benzene rings is 1. The first-order valence-corrected chi connectivity index (χ1v) is 6.60. The Morgan fingerprint density at radius 1 is 1.31 bits per heavy atom. The van der Waals surface area contributed by atoms with Crippen molar-refractivity contribution >= 4 is 22.2 Å². The molecule has 0 aromatic heterocycles. The van der Waals surface area contributed by atoms with Crippen LogP contribution in [0.2, 0.25) is 0 Å². The summed E-state index contributed by atoms with van der Waals surface area (Å²) in [5.41, 5.74) is 6.86. The zero-order valence-corrected chi connectivity index (χ0v) is 10.7. The van der Waals surface area contributed by atoms with E-state index in [0.29, 0.717) is 6.42 Å².